The number of hydrogen-bond donors (Lipinski definition) is 2. The molecule has 1 amide bonds. The molecule has 4 rings (SSSR count). The fraction of sp³-hybridized carbons (Fsp3) is 0.222. The number of benzene rings is 3. The van der Waals surface area contributed by atoms with Crippen molar-refractivity contribution in [2.45, 2.75) is 26.2 Å². The Hall–Kier alpha value is -4.13. The number of amides is 1. The normalized spacial score (nSPS) is 12.0. The molecule has 3 aromatic carbocycles. The number of non-ortho nitro benzene ring substituents is 1. The molecule has 0 aliphatic carbocycles. The maximum Gasteiger partial charge on any atom is 0.270 e. The van der Waals surface area contributed by atoms with Gasteiger partial charge in [0.25, 0.3) is 5.69 Å². The van der Waals surface area contributed by atoms with E-state index >= 15 is 0 Å². The van der Waals surface area contributed by atoms with E-state index in [0.717, 1.165) is 22.0 Å². The fourth-order valence-electron chi connectivity index (χ4n) is 3.93. The number of nitrogens with zero attached hydrogens (tertiary/aromatic N) is 1. The van der Waals surface area contributed by atoms with Crippen molar-refractivity contribution < 1.29 is 14.5 Å². The summed E-state index contributed by atoms with van der Waals surface area (Å²) in [7, 11) is 0. The summed E-state index contributed by atoms with van der Waals surface area (Å²) >= 11 is 0. The monoisotopic (exact) mass is 457 g/mol. The van der Waals surface area contributed by atoms with Gasteiger partial charge in [0.15, 0.2) is 0 Å². The lowest BCUT2D eigenvalue weighted by Crippen LogP contribution is -2.28. The van der Waals surface area contributed by atoms with Crippen molar-refractivity contribution in [3.05, 3.63) is 100 Å². The van der Waals surface area contributed by atoms with E-state index in [1.807, 2.05) is 74.6 Å². The second-order valence-electron chi connectivity index (χ2n) is 8.67. The molecule has 0 saturated carbocycles. The Labute approximate surface area is 197 Å². The summed E-state index contributed by atoms with van der Waals surface area (Å²) in [4.78, 5) is 27.0. The number of nitro benzene ring substituents is 1. The van der Waals surface area contributed by atoms with Crippen molar-refractivity contribution in [2.75, 3.05) is 6.54 Å². The molecule has 0 aliphatic heterocycles. The quantitative estimate of drug-likeness (QED) is 0.232. The number of rotatable bonds is 9. The number of fused-ring (bicyclic) bond motifs is 1. The molecule has 7 nitrogen and oxygen atoms in total. The number of hydrogen-bond acceptors (Lipinski definition) is 4. The number of aromatic nitrogens is 1. The Morgan fingerprint density at radius 1 is 1.03 bits per heavy atom. The van der Waals surface area contributed by atoms with E-state index in [9.17, 15) is 14.9 Å². The number of aromatic amines is 1. The van der Waals surface area contributed by atoms with Crippen LogP contribution in [-0.4, -0.2) is 22.4 Å². The second-order valence-corrected chi connectivity index (χ2v) is 8.67. The van der Waals surface area contributed by atoms with Gasteiger partial charge in [0.05, 0.1) is 4.92 Å². The predicted octanol–water partition coefficient (Wildman–Crippen LogP) is 6.16. The van der Waals surface area contributed by atoms with Crippen LogP contribution >= 0.6 is 0 Å². The highest BCUT2D eigenvalue weighted by Gasteiger charge is 2.23. The third-order valence-electron chi connectivity index (χ3n) is 5.62. The summed E-state index contributed by atoms with van der Waals surface area (Å²) in [5.74, 6) is 1.31. The number of nitrogens with one attached hydrogen (secondary N) is 2. The van der Waals surface area contributed by atoms with Crippen molar-refractivity contribution >= 4 is 22.5 Å². The lowest BCUT2D eigenvalue weighted by molar-refractivity contribution is -0.384. The number of ether oxygens (including phenoxy) is 1. The molecule has 0 bridgehead atoms. The van der Waals surface area contributed by atoms with E-state index < -0.39 is 4.92 Å². The second kappa shape index (κ2) is 10.2. The van der Waals surface area contributed by atoms with Crippen molar-refractivity contribution in [3.8, 4) is 11.5 Å². The van der Waals surface area contributed by atoms with Crippen LogP contribution in [0, 0.1) is 16.0 Å². The molecular weight excluding hydrogens is 430 g/mol. The zero-order chi connectivity index (χ0) is 24.1. The van der Waals surface area contributed by atoms with E-state index in [0.29, 0.717) is 24.0 Å². The SMILES string of the molecule is CC(C)CNC(=O)C[C@@H](c1cccc(Oc2ccccc2)c1)c1c[nH]c2ccc([N+](=O)[O-])cc12. The Bertz CT molecular complexity index is 1300. The first kappa shape index (κ1) is 23.0. The molecule has 1 atom stereocenters. The zero-order valence-electron chi connectivity index (χ0n) is 19.2. The minimum atomic E-state index is -0.408. The van der Waals surface area contributed by atoms with Crippen LogP contribution < -0.4 is 10.1 Å². The summed E-state index contributed by atoms with van der Waals surface area (Å²) in [5, 5.41) is 15.1. The number of carbonyl (C=O) groups excluding carboxylic acids is 1. The first-order valence-electron chi connectivity index (χ1n) is 11.3. The van der Waals surface area contributed by atoms with E-state index in [1.165, 1.54) is 6.07 Å². The Morgan fingerprint density at radius 3 is 2.53 bits per heavy atom. The van der Waals surface area contributed by atoms with Gasteiger partial charge in [-0.15, -0.1) is 0 Å². The van der Waals surface area contributed by atoms with Gasteiger partial charge < -0.3 is 15.0 Å². The highest BCUT2D eigenvalue weighted by atomic mass is 16.6. The summed E-state index contributed by atoms with van der Waals surface area (Å²) in [6.07, 6.45) is 2.04. The van der Waals surface area contributed by atoms with Crippen LogP contribution in [0.5, 0.6) is 11.5 Å². The van der Waals surface area contributed by atoms with E-state index in [-0.39, 0.29) is 23.9 Å². The van der Waals surface area contributed by atoms with Crippen molar-refractivity contribution in [1.82, 2.24) is 10.3 Å². The van der Waals surface area contributed by atoms with Gasteiger partial charge in [-0.1, -0.05) is 44.2 Å². The molecule has 0 radical (unpaired) electrons. The topological polar surface area (TPSA) is 97.3 Å². The molecule has 0 fully saturated rings. The standard InChI is InChI=1S/C27H27N3O4/c1-18(2)16-29-27(31)15-23(25-17-28-26-12-11-20(30(32)33)14-24(25)26)19-7-6-10-22(13-19)34-21-8-4-3-5-9-21/h3-14,17-18,23,28H,15-16H2,1-2H3,(H,29,31)/t23-/m0/s1. The third-order valence-corrected chi connectivity index (χ3v) is 5.62. The number of H-pyrrole nitrogens is 1. The highest BCUT2D eigenvalue weighted by molar-refractivity contribution is 5.87. The Kier molecular flexibility index (Phi) is 6.92. The minimum absolute atomic E-state index is 0.0116. The van der Waals surface area contributed by atoms with Crippen LogP contribution in [0.2, 0.25) is 0 Å². The first-order chi connectivity index (χ1) is 16.4. The van der Waals surface area contributed by atoms with Gasteiger partial charge in [-0.25, -0.2) is 0 Å². The number of carbonyl (C=O) groups is 1. The van der Waals surface area contributed by atoms with Gasteiger partial charge in [0.2, 0.25) is 5.91 Å². The average molecular weight is 458 g/mol. The molecule has 1 heterocycles. The van der Waals surface area contributed by atoms with Crippen LogP contribution in [0.1, 0.15) is 37.3 Å². The van der Waals surface area contributed by atoms with E-state index in [2.05, 4.69) is 10.3 Å². The summed E-state index contributed by atoms with van der Waals surface area (Å²) < 4.78 is 6.01. The summed E-state index contributed by atoms with van der Waals surface area (Å²) in [5.41, 5.74) is 2.51. The molecule has 0 saturated heterocycles. The molecule has 2 N–H and O–H groups in total. The highest BCUT2D eigenvalue weighted by Crippen LogP contribution is 2.36. The molecule has 0 spiro atoms. The molecular formula is C27H27N3O4. The maximum atomic E-state index is 12.9. The minimum Gasteiger partial charge on any atom is -0.457 e. The van der Waals surface area contributed by atoms with Gasteiger partial charge in [-0.2, -0.15) is 0 Å². The van der Waals surface area contributed by atoms with E-state index in [1.54, 1.807) is 12.1 Å². The van der Waals surface area contributed by atoms with Gasteiger partial charge in [-0.05, 0) is 47.4 Å². The third kappa shape index (κ3) is 5.43. The molecule has 1 aromatic heterocycles. The largest absolute Gasteiger partial charge is 0.457 e. The van der Waals surface area contributed by atoms with Crippen LogP contribution in [0.15, 0.2) is 79.0 Å². The summed E-state index contributed by atoms with van der Waals surface area (Å²) in [6, 6.07) is 21.8. The van der Waals surface area contributed by atoms with Gasteiger partial charge in [0.1, 0.15) is 11.5 Å². The van der Waals surface area contributed by atoms with Crippen LogP contribution in [0.3, 0.4) is 0 Å². The van der Waals surface area contributed by atoms with Gasteiger partial charge in [0, 0.05) is 48.1 Å². The number of para-hydroxylation sites is 1. The zero-order valence-corrected chi connectivity index (χ0v) is 19.2. The first-order valence-corrected chi connectivity index (χ1v) is 11.3. The summed E-state index contributed by atoms with van der Waals surface area (Å²) in [6.45, 7) is 4.67. The lowest BCUT2D eigenvalue weighted by atomic mass is 9.87. The Morgan fingerprint density at radius 2 is 1.79 bits per heavy atom. The lowest BCUT2D eigenvalue weighted by Gasteiger charge is -2.19. The van der Waals surface area contributed by atoms with Crippen molar-refractivity contribution in [1.29, 1.82) is 0 Å². The predicted molar refractivity (Wildman–Crippen MR) is 132 cm³/mol. The van der Waals surface area contributed by atoms with Crippen LogP contribution in [0.25, 0.3) is 10.9 Å². The fourth-order valence-corrected chi connectivity index (χ4v) is 3.93. The average Bonchev–Trinajstić information content (AvgIpc) is 3.25. The van der Waals surface area contributed by atoms with E-state index in [4.69, 9.17) is 4.74 Å². The van der Waals surface area contributed by atoms with Gasteiger partial charge >= 0.3 is 0 Å². The molecule has 34 heavy (non-hydrogen) atoms. The van der Waals surface area contributed by atoms with Gasteiger partial charge in [-0.3, -0.25) is 14.9 Å². The Balaban J connectivity index is 1.73. The molecule has 7 heteroatoms. The molecule has 174 valence electrons. The molecule has 4 aromatic rings. The molecule has 0 unspecified atom stereocenters. The van der Waals surface area contributed by atoms with Crippen molar-refractivity contribution in [2.24, 2.45) is 5.92 Å². The van der Waals surface area contributed by atoms with Crippen LogP contribution in [0.4, 0.5) is 5.69 Å². The smallest absolute Gasteiger partial charge is 0.270 e. The van der Waals surface area contributed by atoms with Crippen molar-refractivity contribution in [3.63, 3.8) is 0 Å². The molecule has 0 aliphatic rings. The maximum absolute atomic E-state index is 12.9. The number of nitro groups is 1. The van der Waals surface area contributed by atoms with Crippen LogP contribution in [-0.2, 0) is 4.79 Å².